The number of benzene rings is 1. The number of carbonyl (C=O) groups is 6. The SMILES string of the molecule is C=CC(C)C(=O)[C@H](CCCCN)NNC(=O)C(CCSSC(C)(C)CCC(=O)N(C)[C@@H](C)C(=O)O[C@H]1CC(=O)N(C)c2cc(cc(OC)c2Cl)C/C(C)=C/C=C/[C@@H](OC)[C@@]2(O)C[C@H](OC(=O)N2)[C@@H](C)[C@@H]2O[C@@]12C)S(=O)(=O)O.C=CCC. The van der Waals surface area contributed by atoms with E-state index in [1.54, 1.807) is 45.1 Å². The molecule has 2 unspecified atom stereocenters. The molecule has 4 rings (SSSR count). The molecule has 0 aromatic heterocycles. The molecular formula is C56H87ClN6O15S3. The van der Waals surface area contributed by atoms with E-state index in [0.717, 1.165) is 17.6 Å². The number of amides is 4. The van der Waals surface area contributed by atoms with Gasteiger partial charge in [-0.15, -0.1) is 13.2 Å². The second-order valence-corrected chi connectivity index (χ2v) is 26.6. The summed E-state index contributed by atoms with van der Waals surface area (Å²) in [7, 11) is 3.60. The lowest BCUT2D eigenvalue weighted by Gasteiger charge is -2.42. The van der Waals surface area contributed by atoms with Crippen molar-refractivity contribution in [1.29, 1.82) is 0 Å². The molecule has 0 radical (unpaired) electrons. The van der Waals surface area contributed by atoms with Gasteiger partial charge in [0.05, 0.1) is 31.4 Å². The van der Waals surface area contributed by atoms with Gasteiger partial charge in [0.25, 0.3) is 16.0 Å². The van der Waals surface area contributed by atoms with E-state index in [4.69, 9.17) is 41.0 Å². The zero-order valence-corrected chi connectivity index (χ0v) is 52.1. The number of halogens is 1. The number of fused-ring (bicyclic) bond motifs is 5. The normalized spacial score (nSPS) is 25.7. The number of rotatable bonds is 25. The molecule has 0 saturated carbocycles. The number of ketones is 1. The molecule has 2 fully saturated rings. The first-order chi connectivity index (χ1) is 37.9. The van der Waals surface area contributed by atoms with Gasteiger partial charge in [0, 0.05) is 56.4 Å². The van der Waals surface area contributed by atoms with Crippen molar-refractivity contribution in [3.63, 3.8) is 0 Å². The van der Waals surface area contributed by atoms with Crippen molar-refractivity contribution in [2.45, 2.75) is 177 Å². The minimum absolute atomic E-state index is 0.0151. The van der Waals surface area contributed by atoms with Crippen LogP contribution in [0.5, 0.6) is 5.75 Å². The van der Waals surface area contributed by atoms with Gasteiger partial charge >= 0.3 is 12.1 Å². The largest absolute Gasteiger partial charge is 0.495 e. The number of hydrogen-bond donors (Lipinski definition) is 6. The number of likely N-dealkylation sites (N-methyl/N-ethyl adjacent to an activating group) is 1. The van der Waals surface area contributed by atoms with Crippen LogP contribution < -0.4 is 31.5 Å². The van der Waals surface area contributed by atoms with Crippen molar-refractivity contribution in [1.82, 2.24) is 21.1 Å². The molecule has 1 aromatic carbocycles. The van der Waals surface area contributed by atoms with Gasteiger partial charge in [-0.2, -0.15) is 8.42 Å². The van der Waals surface area contributed by atoms with Crippen LogP contribution in [0.25, 0.3) is 0 Å². The number of nitrogens with one attached hydrogen (secondary N) is 3. The summed E-state index contributed by atoms with van der Waals surface area (Å²) in [5.74, 6) is -3.74. The lowest BCUT2D eigenvalue weighted by atomic mass is 9.83. The zero-order valence-electron chi connectivity index (χ0n) is 48.9. The van der Waals surface area contributed by atoms with Gasteiger partial charge in [-0.05, 0) is 97.4 Å². The second kappa shape index (κ2) is 32.0. The van der Waals surface area contributed by atoms with E-state index in [2.05, 4.69) is 36.2 Å². The van der Waals surface area contributed by atoms with Crippen molar-refractivity contribution in [3.05, 3.63) is 71.8 Å². The molecule has 81 heavy (non-hydrogen) atoms. The molecule has 4 amide bonds. The van der Waals surface area contributed by atoms with Crippen molar-refractivity contribution in [2.24, 2.45) is 17.6 Å². The Morgan fingerprint density at radius 3 is 2.41 bits per heavy atom. The fourth-order valence-electron chi connectivity index (χ4n) is 9.07. The number of nitrogens with zero attached hydrogens (tertiary/aromatic N) is 2. The third kappa shape index (κ3) is 20.4. The second-order valence-electron chi connectivity index (χ2n) is 21.5. The van der Waals surface area contributed by atoms with E-state index in [9.17, 15) is 46.8 Å². The first-order valence-electron chi connectivity index (χ1n) is 27.0. The third-order valence-electron chi connectivity index (χ3n) is 14.6. The summed E-state index contributed by atoms with van der Waals surface area (Å²) >= 11 is 6.82. The van der Waals surface area contributed by atoms with Crippen LogP contribution >= 0.6 is 33.2 Å². The minimum atomic E-state index is -4.85. The van der Waals surface area contributed by atoms with Crippen LogP contribution in [0.1, 0.15) is 119 Å². The maximum Gasteiger partial charge on any atom is 0.409 e. The molecule has 11 atom stereocenters. The van der Waals surface area contributed by atoms with Crippen LogP contribution in [0.3, 0.4) is 0 Å². The molecule has 3 aliphatic heterocycles. The number of unbranched alkanes of at least 4 members (excludes halogenated alkanes) is 1. The van der Waals surface area contributed by atoms with E-state index in [1.165, 1.54) is 72.7 Å². The van der Waals surface area contributed by atoms with Gasteiger partial charge in [0.1, 0.15) is 40.7 Å². The van der Waals surface area contributed by atoms with Gasteiger partial charge in [-0.1, -0.05) is 96.3 Å². The maximum atomic E-state index is 14.4. The molecule has 3 heterocycles. The van der Waals surface area contributed by atoms with E-state index in [-0.39, 0.29) is 35.8 Å². The van der Waals surface area contributed by atoms with Crippen molar-refractivity contribution < 1.29 is 70.5 Å². The Kier molecular flexibility index (Phi) is 27.9. The van der Waals surface area contributed by atoms with Gasteiger partial charge in [-0.25, -0.2) is 15.0 Å². The molecule has 7 N–H and O–H groups in total. The summed E-state index contributed by atoms with van der Waals surface area (Å²) in [5, 5.41) is 12.7. The highest BCUT2D eigenvalue weighted by molar-refractivity contribution is 8.77. The van der Waals surface area contributed by atoms with Crippen LogP contribution in [-0.4, -0.2) is 157 Å². The van der Waals surface area contributed by atoms with Crippen LogP contribution in [0.4, 0.5) is 10.5 Å². The van der Waals surface area contributed by atoms with Gasteiger partial charge < -0.3 is 44.3 Å². The lowest BCUT2D eigenvalue weighted by molar-refractivity contribution is -0.162. The number of alkyl carbamates (subject to hydrolysis) is 1. The van der Waals surface area contributed by atoms with Gasteiger partial charge in [-0.3, -0.25) is 34.5 Å². The first kappa shape index (κ1) is 70.8. The highest BCUT2D eigenvalue weighted by Gasteiger charge is 2.64. The summed E-state index contributed by atoms with van der Waals surface area (Å²) < 4.78 is 63.6. The molecule has 0 aliphatic carbocycles. The topological polar surface area (TPSA) is 295 Å². The van der Waals surface area contributed by atoms with Crippen molar-refractivity contribution in [2.75, 3.05) is 45.5 Å². The summed E-state index contributed by atoms with van der Waals surface area (Å²) in [6.07, 6.45) is 6.25. The Morgan fingerprint density at radius 1 is 1.15 bits per heavy atom. The fraction of sp³-hybridized carbons (Fsp3) is 0.643. The predicted octanol–water partition coefficient (Wildman–Crippen LogP) is 7.19. The number of allylic oxidation sites excluding steroid dienone is 5. The summed E-state index contributed by atoms with van der Waals surface area (Å²) in [6, 6.07) is 1.53. The van der Waals surface area contributed by atoms with Crippen LogP contribution in [0.2, 0.25) is 5.02 Å². The standard InChI is InChI=1S/C52H79ClN6O15S3.C4H8/c1-13-31(3)45(62)35(18-14-15-23-54)56-57-47(63)39(77(67,68)69)21-24-75-76-50(6,7)22-20-42(60)58(9)33(5)48(64)73-41-28-43(61)59(10)36-26-34(27-37(70-11)44(36)53)25-30(2)17-16-19-40(71-12)52(66)29-38(72-49(65)55-52)32(4)46-51(41,8)74-46;1-3-4-2/h13,16-17,19,26-27,31-33,35,38-41,46,56,66H,1,14-15,18,20-25,28-29,54H2,2-12H3,(H,55,65)(H,57,63)(H,67,68,69);3H,1,4H2,2H3/b19-16+,30-17+;/t31?,32-,33+,35+,38+,39?,40-,41+,46+,51+,52+;/m1./s1. The summed E-state index contributed by atoms with van der Waals surface area (Å²) in [6.45, 7) is 21.8. The number of esters is 1. The Morgan fingerprint density at radius 2 is 1.81 bits per heavy atom. The quantitative estimate of drug-likeness (QED) is 0.0107. The monoisotopic (exact) mass is 1210 g/mol. The summed E-state index contributed by atoms with van der Waals surface area (Å²) in [4.78, 5) is 83.9. The molecular weight excluding hydrogens is 1130 g/mol. The molecule has 3 aliphatic rings. The van der Waals surface area contributed by atoms with E-state index in [0.29, 0.717) is 50.1 Å². The smallest absolute Gasteiger partial charge is 0.409 e. The molecule has 4 bridgehead atoms. The first-order valence-corrected chi connectivity index (χ1v) is 31.2. The average molecular weight is 1220 g/mol. The van der Waals surface area contributed by atoms with Crippen LogP contribution in [0.15, 0.2) is 61.2 Å². The summed E-state index contributed by atoms with van der Waals surface area (Å²) in [5.41, 5.74) is 9.30. The number of epoxide rings is 1. The van der Waals surface area contributed by atoms with Crippen LogP contribution in [-0.2, 0) is 59.5 Å². The molecule has 456 valence electrons. The number of Topliss-reactive ketones (excluding diaryl/α,β-unsaturated/α-hetero) is 1. The highest BCUT2D eigenvalue weighted by atomic mass is 35.5. The lowest BCUT2D eigenvalue weighted by Crippen LogP contribution is -2.63. The number of anilines is 1. The Hall–Kier alpha value is -4.50. The van der Waals surface area contributed by atoms with Crippen molar-refractivity contribution in [3.8, 4) is 5.75 Å². The van der Waals surface area contributed by atoms with E-state index in [1.807, 2.05) is 32.9 Å². The number of hydrazine groups is 1. The van der Waals surface area contributed by atoms with E-state index < -0.39 is 116 Å². The Bertz CT molecular complexity index is 2550. The zero-order chi connectivity index (χ0) is 61.2. The van der Waals surface area contributed by atoms with Gasteiger partial charge in [0.15, 0.2) is 16.8 Å². The number of aliphatic hydroxyl groups is 1. The highest BCUT2D eigenvalue weighted by Crippen LogP contribution is 2.49. The predicted molar refractivity (Wildman–Crippen MR) is 317 cm³/mol. The fourth-order valence-corrected chi connectivity index (χ4v) is 12.9. The Balaban J connectivity index is 0.00000416. The van der Waals surface area contributed by atoms with Gasteiger partial charge in [0.2, 0.25) is 11.8 Å². The third-order valence-corrected chi connectivity index (χ3v) is 19.5. The van der Waals surface area contributed by atoms with E-state index >= 15 is 0 Å². The molecule has 0 spiro atoms. The number of hydrogen-bond acceptors (Lipinski definition) is 18. The molecule has 2 saturated heterocycles. The van der Waals surface area contributed by atoms with Crippen molar-refractivity contribution >= 4 is 84.6 Å². The number of nitrogens with two attached hydrogens (primary N) is 1. The Labute approximate surface area is 491 Å². The molecule has 21 nitrogen and oxygen atoms in total. The number of ether oxygens (including phenoxy) is 5. The maximum absolute atomic E-state index is 14.4. The average Bonchev–Trinajstić information content (AvgIpc) is 4.06. The van der Waals surface area contributed by atoms with Crippen LogP contribution in [0, 0.1) is 11.8 Å². The number of methoxy groups -OCH3 is 2. The molecule has 25 heteroatoms. The molecule has 1 aromatic rings. The number of carbonyl (C=O) groups excluding carboxylic acids is 6. The minimum Gasteiger partial charge on any atom is -0.495 e.